The standard InChI is InChI=1S/C15H12BrClFNO/c1-8-4-3-5-10(14(8)17)15(20)19-13-7-11(16)12(18)6-9(13)2/h3-7H,1-2H3,(H,19,20). The summed E-state index contributed by atoms with van der Waals surface area (Å²) in [5.41, 5.74) is 2.41. The van der Waals surface area contributed by atoms with Gasteiger partial charge in [-0.25, -0.2) is 4.39 Å². The van der Waals surface area contributed by atoms with E-state index in [1.54, 1.807) is 19.1 Å². The van der Waals surface area contributed by atoms with E-state index < -0.39 is 0 Å². The van der Waals surface area contributed by atoms with Crippen molar-refractivity contribution in [1.82, 2.24) is 0 Å². The van der Waals surface area contributed by atoms with Crippen LogP contribution >= 0.6 is 27.5 Å². The molecule has 104 valence electrons. The van der Waals surface area contributed by atoms with Crippen molar-refractivity contribution in [3.05, 3.63) is 62.3 Å². The Morgan fingerprint density at radius 2 is 1.95 bits per heavy atom. The lowest BCUT2D eigenvalue weighted by Gasteiger charge is -2.11. The fourth-order valence-electron chi connectivity index (χ4n) is 1.79. The smallest absolute Gasteiger partial charge is 0.257 e. The molecule has 0 aliphatic carbocycles. The Morgan fingerprint density at radius 1 is 1.25 bits per heavy atom. The third-order valence-corrected chi connectivity index (χ3v) is 4.06. The number of carbonyl (C=O) groups is 1. The van der Waals surface area contributed by atoms with Crippen LogP contribution in [0.25, 0.3) is 0 Å². The summed E-state index contributed by atoms with van der Waals surface area (Å²) in [4.78, 5) is 12.2. The van der Waals surface area contributed by atoms with Gasteiger partial charge in [0.05, 0.1) is 15.1 Å². The molecule has 0 atom stereocenters. The molecule has 0 aliphatic rings. The number of benzene rings is 2. The zero-order chi connectivity index (χ0) is 14.9. The Hall–Kier alpha value is -1.39. The van der Waals surface area contributed by atoms with Crippen molar-refractivity contribution in [2.75, 3.05) is 5.32 Å². The molecule has 0 aromatic heterocycles. The summed E-state index contributed by atoms with van der Waals surface area (Å²) in [6, 6.07) is 8.14. The van der Waals surface area contributed by atoms with Crippen LogP contribution in [0.15, 0.2) is 34.8 Å². The Kier molecular flexibility index (Phi) is 4.45. The highest BCUT2D eigenvalue weighted by Gasteiger charge is 2.14. The number of rotatable bonds is 2. The lowest BCUT2D eigenvalue weighted by atomic mass is 10.1. The number of hydrogen-bond donors (Lipinski definition) is 1. The van der Waals surface area contributed by atoms with Crippen molar-refractivity contribution in [3.63, 3.8) is 0 Å². The summed E-state index contributed by atoms with van der Waals surface area (Å²) >= 11 is 9.22. The van der Waals surface area contributed by atoms with Crippen LogP contribution in [0.1, 0.15) is 21.5 Å². The van der Waals surface area contributed by atoms with Crippen molar-refractivity contribution in [3.8, 4) is 0 Å². The lowest BCUT2D eigenvalue weighted by Crippen LogP contribution is -2.14. The number of anilines is 1. The van der Waals surface area contributed by atoms with E-state index in [4.69, 9.17) is 11.6 Å². The molecule has 2 aromatic rings. The third-order valence-electron chi connectivity index (χ3n) is 2.95. The number of hydrogen-bond acceptors (Lipinski definition) is 1. The average molecular weight is 357 g/mol. The molecule has 0 saturated carbocycles. The molecule has 20 heavy (non-hydrogen) atoms. The van der Waals surface area contributed by atoms with Gasteiger partial charge in [-0.2, -0.15) is 0 Å². The Labute approximate surface area is 130 Å². The highest BCUT2D eigenvalue weighted by atomic mass is 79.9. The van der Waals surface area contributed by atoms with Gasteiger partial charge in [-0.3, -0.25) is 4.79 Å². The Morgan fingerprint density at radius 3 is 2.65 bits per heavy atom. The van der Waals surface area contributed by atoms with Crippen LogP contribution in [-0.2, 0) is 0 Å². The molecule has 0 unspecified atom stereocenters. The molecule has 0 fully saturated rings. The maximum absolute atomic E-state index is 13.4. The van der Waals surface area contributed by atoms with Gasteiger partial charge in [-0.05, 0) is 59.1 Å². The zero-order valence-corrected chi connectivity index (χ0v) is 13.3. The van der Waals surface area contributed by atoms with Crippen molar-refractivity contribution in [2.24, 2.45) is 0 Å². The normalized spacial score (nSPS) is 10.4. The second kappa shape index (κ2) is 5.94. The summed E-state index contributed by atoms with van der Waals surface area (Å²) in [7, 11) is 0. The Balaban J connectivity index is 2.33. The largest absolute Gasteiger partial charge is 0.322 e. The van der Waals surface area contributed by atoms with Gasteiger partial charge in [-0.15, -0.1) is 0 Å². The zero-order valence-electron chi connectivity index (χ0n) is 10.9. The predicted molar refractivity (Wildman–Crippen MR) is 83.0 cm³/mol. The van der Waals surface area contributed by atoms with E-state index in [0.717, 1.165) is 5.56 Å². The minimum Gasteiger partial charge on any atom is -0.322 e. The maximum Gasteiger partial charge on any atom is 0.257 e. The maximum atomic E-state index is 13.4. The van der Waals surface area contributed by atoms with Crippen LogP contribution in [-0.4, -0.2) is 5.91 Å². The van der Waals surface area contributed by atoms with Gasteiger partial charge in [0.2, 0.25) is 0 Å². The van der Waals surface area contributed by atoms with Crippen molar-refractivity contribution >= 4 is 39.1 Å². The van der Waals surface area contributed by atoms with E-state index in [1.807, 2.05) is 13.0 Å². The molecule has 2 aromatic carbocycles. The van der Waals surface area contributed by atoms with E-state index in [-0.39, 0.29) is 11.7 Å². The number of halogens is 3. The Bertz CT molecular complexity index is 688. The van der Waals surface area contributed by atoms with Crippen molar-refractivity contribution in [1.29, 1.82) is 0 Å². The number of carbonyl (C=O) groups excluding carboxylic acids is 1. The molecule has 0 spiro atoms. The first kappa shape index (κ1) is 15.0. The highest BCUT2D eigenvalue weighted by Crippen LogP contribution is 2.26. The number of nitrogens with one attached hydrogen (secondary N) is 1. The predicted octanol–water partition coefficient (Wildman–Crippen LogP) is 5.11. The van der Waals surface area contributed by atoms with Gasteiger partial charge >= 0.3 is 0 Å². The summed E-state index contributed by atoms with van der Waals surface area (Å²) in [6.07, 6.45) is 0. The monoisotopic (exact) mass is 355 g/mol. The van der Waals surface area contributed by atoms with Gasteiger partial charge in [0, 0.05) is 5.69 Å². The van der Waals surface area contributed by atoms with Gasteiger partial charge in [-0.1, -0.05) is 23.7 Å². The summed E-state index contributed by atoms with van der Waals surface area (Å²) in [5, 5.41) is 3.16. The van der Waals surface area contributed by atoms with E-state index in [2.05, 4.69) is 21.2 Å². The van der Waals surface area contributed by atoms with Crippen LogP contribution in [0.2, 0.25) is 5.02 Å². The lowest BCUT2D eigenvalue weighted by molar-refractivity contribution is 0.102. The molecule has 1 amide bonds. The fourth-order valence-corrected chi connectivity index (χ4v) is 2.35. The summed E-state index contributed by atoms with van der Waals surface area (Å²) < 4.78 is 13.7. The van der Waals surface area contributed by atoms with Crippen LogP contribution < -0.4 is 5.32 Å². The molecule has 0 saturated heterocycles. The van der Waals surface area contributed by atoms with Crippen molar-refractivity contribution in [2.45, 2.75) is 13.8 Å². The van der Waals surface area contributed by atoms with Crippen LogP contribution in [0.4, 0.5) is 10.1 Å². The number of aryl methyl sites for hydroxylation is 2. The minimum atomic E-state index is -0.367. The van der Waals surface area contributed by atoms with E-state index in [0.29, 0.717) is 26.3 Å². The molecule has 0 aliphatic heterocycles. The summed E-state index contributed by atoms with van der Waals surface area (Å²) in [5.74, 6) is -0.686. The third kappa shape index (κ3) is 3.02. The van der Waals surface area contributed by atoms with Gasteiger partial charge in [0.1, 0.15) is 5.82 Å². The molecule has 0 heterocycles. The average Bonchev–Trinajstić information content (AvgIpc) is 2.39. The van der Waals surface area contributed by atoms with Gasteiger partial charge in [0.15, 0.2) is 0 Å². The molecule has 2 rings (SSSR count). The first-order chi connectivity index (χ1) is 9.40. The molecule has 2 nitrogen and oxygen atoms in total. The van der Waals surface area contributed by atoms with E-state index in [9.17, 15) is 9.18 Å². The number of amides is 1. The van der Waals surface area contributed by atoms with E-state index in [1.165, 1.54) is 12.1 Å². The molecule has 0 radical (unpaired) electrons. The fraction of sp³-hybridized carbons (Fsp3) is 0.133. The molecule has 5 heteroatoms. The quantitative estimate of drug-likeness (QED) is 0.796. The first-order valence-electron chi connectivity index (χ1n) is 5.92. The van der Waals surface area contributed by atoms with E-state index >= 15 is 0 Å². The summed E-state index contributed by atoms with van der Waals surface area (Å²) in [6.45, 7) is 3.56. The first-order valence-corrected chi connectivity index (χ1v) is 7.09. The molecular formula is C15H12BrClFNO. The van der Waals surface area contributed by atoms with Gasteiger partial charge < -0.3 is 5.32 Å². The SMILES string of the molecule is Cc1cc(F)c(Br)cc1NC(=O)c1cccc(C)c1Cl. The van der Waals surface area contributed by atoms with Crippen LogP contribution in [0, 0.1) is 19.7 Å². The minimum absolute atomic E-state index is 0.300. The second-order valence-corrected chi connectivity index (χ2v) is 5.70. The highest BCUT2D eigenvalue weighted by molar-refractivity contribution is 9.10. The van der Waals surface area contributed by atoms with Crippen LogP contribution in [0.3, 0.4) is 0 Å². The molecular weight excluding hydrogens is 345 g/mol. The topological polar surface area (TPSA) is 29.1 Å². The molecule has 1 N–H and O–H groups in total. The van der Waals surface area contributed by atoms with Crippen LogP contribution in [0.5, 0.6) is 0 Å². The second-order valence-electron chi connectivity index (χ2n) is 4.47. The molecule has 0 bridgehead atoms. The van der Waals surface area contributed by atoms with Crippen molar-refractivity contribution < 1.29 is 9.18 Å². The van der Waals surface area contributed by atoms with Gasteiger partial charge in [0.25, 0.3) is 5.91 Å².